The molecule has 1 heterocycles. The van der Waals surface area contributed by atoms with Gasteiger partial charge in [0.1, 0.15) is 0 Å². The molecule has 0 spiro atoms. The summed E-state index contributed by atoms with van der Waals surface area (Å²) in [5, 5.41) is 0. The number of nitrogens with zero attached hydrogens (tertiary/aromatic N) is 1. The Bertz CT molecular complexity index is 472. The van der Waals surface area contributed by atoms with E-state index in [1.807, 2.05) is 37.3 Å². The molecular formula is C15H20N2O2. The van der Waals surface area contributed by atoms with E-state index >= 15 is 0 Å². The first-order valence-corrected chi connectivity index (χ1v) is 6.70. The molecule has 0 bridgehead atoms. The highest BCUT2D eigenvalue weighted by Gasteiger charge is 2.48. The number of carbonyl (C=O) groups is 2. The van der Waals surface area contributed by atoms with E-state index in [1.165, 1.54) is 4.90 Å². The minimum atomic E-state index is -0.707. The maximum atomic E-state index is 12.5. The lowest BCUT2D eigenvalue weighted by molar-refractivity contribution is -0.139. The molecule has 4 heteroatoms. The van der Waals surface area contributed by atoms with E-state index in [0.717, 1.165) is 18.4 Å². The molecule has 1 aliphatic heterocycles. The highest BCUT2D eigenvalue weighted by atomic mass is 16.2. The molecule has 1 unspecified atom stereocenters. The Hall–Kier alpha value is -1.68. The second kappa shape index (κ2) is 5.53. The van der Waals surface area contributed by atoms with E-state index in [2.05, 4.69) is 0 Å². The van der Waals surface area contributed by atoms with E-state index in [9.17, 15) is 9.59 Å². The maximum absolute atomic E-state index is 12.5. The first-order chi connectivity index (χ1) is 9.09. The molecule has 1 saturated heterocycles. The Morgan fingerprint density at radius 3 is 2.53 bits per heavy atom. The number of hydrogen-bond donors (Lipinski definition) is 1. The molecule has 1 atom stereocenters. The molecule has 19 heavy (non-hydrogen) atoms. The minimum Gasteiger partial charge on any atom is -0.330 e. The van der Waals surface area contributed by atoms with Crippen LogP contribution in [0.25, 0.3) is 0 Å². The quantitative estimate of drug-likeness (QED) is 0.643. The van der Waals surface area contributed by atoms with Gasteiger partial charge in [-0.15, -0.1) is 0 Å². The molecule has 2 rings (SSSR count). The van der Waals surface area contributed by atoms with E-state index in [1.54, 1.807) is 0 Å². The molecular weight excluding hydrogens is 240 g/mol. The highest BCUT2D eigenvalue weighted by molar-refractivity contribution is 6.08. The molecule has 1 fully saturated rings. The van der Waals surface area contributed by atoms with Gasteiger partial charge >= 0.3 is 0 Å². The van der Waals surface area contributed by atoms with Gasteiger partial charge in [-0.25, -0.2) is 0 Å². The van der Waals surface area contributed by atoms with Crippen LogP contribution in [0.15, 0.2) is 30.3 Å². The fraction of sp³-hybridized carbons (Fsp3) is 0.467. The molecule has 4 nitrogen and oxygen atoms in total. The predicted molar refractivity (Wildman–Crippen MR) is 73.4 cm³/mol. The van der Waals surface area contributed by atoms with Crippen molar-refractivity contribution in [2.45, 2.75) is 31.6 Å². The summed E-state index contributed by atoms with van der Waals surface area (Å²) in [6.07, 6.45) is 1.87. The number of carbonyl (C=O) groups excluding carboxylic acids is 2. The number of amides is 2. The number of unbranched alkanes of at least 4 members (excludes halogenated alkanes) is 1. The lowest BCUT2D eigenvalue weighted by Gasteiger charge is -2.22. The summed E-state index contributed by atoms with van der Waals surface area (Å²) in [5.74, 6) is -0.158. The van der Waals surface area contributed by atoms with Crippen LogP contribution in [-0.2, 0) is 15.0 Å². The van der Waals surface area contributed by atoms with Crippen LogP contribution in [0.5, 0.6) is 0 Å². The van der Waals surface area contributed by atoms with Gasteiger partial charge < -0.3 is 5.73 Å². The molecule has 0 radical (unpaired) electrons. The van der Waals surface area contributed by atoms with Crippen LogP contribution in [0.2, 0.25) is 0 Å². The maximum Gasteiger partial charge on any atom is 0.240 e. The smallest absolute Gasteiger partial charge is 0.240 e. The molecule has 2 amide bonds. The number of hydrogen-bond acceptors (Lipinski definition) is 3. The molecule has 0 saturated carbocycles. The van der Waals surface area contributed by atoms with Crippen molar-refractivity contribution in [2.24, 2.45) is 5.73 Å². The number of rotatable bonds is 5. The van der Waals surface area contributed by atoms with E-state index in [-0.39, 0.29) is 18.2 Å². The third-order valence-corrected chi connectivity index (χ3v) is 3.77. The lowest BCUT2D eigenvalue weighted by atomic mass is 9.81. The van der Waals surface area contributed by atoms with Crippen LogP contribution >= 0.6 is 0 Å². The fourth-order valence-electron chi connectivity index (χ4n) is 2.56. The van der Waals surface area contributed by atoms with Crippen molar-refractivity contribution in [3.05, 3.63) is 35.9 Å². The Kier molecular flexibility index (Phi) is 4.00. The molecule has 1 aromatic carbocycles. The lowest BCUT2D eigenvalue weighted by Crippen LogP contribution is -2.37. The van der Waals surface area contributed by atoms with E-state index in [4.69, 9.17) is 5.73 Å². The minimum absolute atomic E-state index is 0.0756. The number of nitrogens with two attached hydrogens (primary N) is 1. The van der Waals surface area contributed by atoms with E-state index in [0.29, 0.717) is 13.1 Å². The van der Waals surface area contributed by atoms with Gasteiger partial charge in [0, 0.05) is 13.0 Å². The summed E-state index contributed by atoms with van der Waals surface area (Å²) in [5.41, 5.74) is 5.64. The largest absolute Gasteiger partial charge is 0.330 e. The van der Waals surface area contributed by atoms with Crippen molar-refractivity contribution in [1.82, 2.24) is 4.90 Å². The molecule has 102 valence electrons. The zero-order valence-corrected chi connectivity index (χ0v) is 11.3. The van der Waals surface area contributed by atoms with Crippen LogP contribution in [-0.4, -0.2) is 29.8 Å². The summed E-state index contributed by atoms with van der Waals surface area (Å²) in [6, 6.07) is 9.53. The zero-order valence-electron chi connectivity index (χ0n) is 11.3. The van der Waals surface area contributed by atoms with Crippen LogP contribution in [0.4, 0.5) is 0 Å². The molecule has 0 aliphatic carbocycles. The van der Waals surface area contributed by atoms with Gasteiger partial charge in [0.05, 0.1) is 5.41 Å². The van der Waals surface area contributed by atoms with Crippen LogP contribution in [0.3, 0.4) is 0 Å². The fourth-order valence-corrected chi connectivity index (χ4v) is 2.56. The van der Waals surface area contributed by atoms with Gasteiger partial charge in [0.15, 0.2) is 0 Å². The summed E-state index contributed by atoms with van der Waals surface area (Å²) < 4.78 is 0. The second-order valence-electron chi connectivity index (χ2n) is 5.22. The SMILES string of the molecule is CC1(c2ccccc2)CC(=O)N(CCCCN)C1=O. The topological polar surface area (TPSA) is 63.4 Å². The second-order valence-corrected chi connectivity index (χ2v) is 5.22. The van der Waals surface area contributed by atoms with Crippen molar-refractivity contribution in [1.29, 1.82) is 0 Å². The Labute approximate surface area is 113 Å². The number of imide groups is 1. The summed E-state index contributed by atoms with van der Waals surface area (Å²) in [7, 11) is 0. The average molecular weight is 260 g/mol. The van der Waals surface area contributed by atoms with Gasteiger partial charge in [-0.05, 0) is 31.9 Å². The van der Waals surface area contributed by atoms with Crippen molar-refractivity contribution >= 4 is 11.8 Å². The summed E-state index contributed by atoms with van der Waals surface area (Å²) in [6.45, 7) is 2.93. The van der Waals surface area contributed by atoms with Crippen molar-refractivity contribution in [3.8, 4) is 0 Å². The van der Waals surface area contributed by atoms with Crippen molar-refractivity contribution in [2.75, 3.05) is 13.1 Å². The number of likely N-dealkylation sites (tertiary alicyclic amines) is 1. The van der Waals surface area contributed by atoms with Crippen LogP contribution < -0.4 is 5.73 Å². The van der Waals surface area contributed by atoms with Crippen LogP contribution in [0.1, 0.15) is 31.7 Å². The summed E-state index contributed by atoms with van der Waals surface area (Å²) >= 11 is 0. The average Bonchev–Trinajstić information content (AvgIpc) is 2.64. The zero-order chi connectivity index (χ0) is 13.9. The first-order valence-electron chi connectivity index (χ1n) is 6.70. The Morgan fingerprint density at radius 1 is 1.21 bits per heavy atom. The highest BCUT2D eigenvalue weighted by Crippen LogP contribution is 2.36. The van der Waals surface area contributed by atoms with Gasteiger partial charge in [-0.3, -0.25) is 14.5 Å². The third-order valence-electron chi connectivity index (χ3n) is 3.77. The Morgan fingerprint density at radius 2 is 1.89 bits per heavy atom. The molecule has 1 aliphatic rings. The normalized spacial score (nSPS) is 23.2. The van der Waals surface area contributed by atoms with Gasteiger partial charge in [-0.1, -0.05) is 30.3 Å². The van der Waals surface area contributed by atoms with E-state index < -0.39 is 5.41 Å². The molecule has 1 aromatic rings. The first kappa shape index (κ1) is 13.7. The van der Waals surface area contributed by atoms with Crippen molar-refractivity contribution in [3.63, 3.8) is 0 Å². The predicted octanol–water partition coefficient (Wildman–Crippen LogP) is 1.44. The van der Waals surface area contributed by atoms with Gasteiger partial charge in [-0.2, -0.15) is 0 Å². The number of benzene rings is 1. The third kappa shape index (κ3) is 2.54. The van der Waals surface area contributed by atoms with Crippen LogP contribution in [0, 0.1) is 0 Å². The standard InChI is InChI=1S/C15H20N2O2/c1-15(12-7-3-2-4-8-12)11-13(18)17(14(15)19)10-6-5-9-16/h2-4,7-8H,5-6,9-11,16H2,1H3. The Balaban J connectivity index is 2.17. The van der Waals surface area contributed by atoms with Crippen molar-refractivity contribution < 1.29 is 9.59 Å². The molecule has 0 aromatic heterocycles. The van der Waals surface area contributed by atoms with Gasteiger partial charge in [0.2, 0.25) is 11.8 Å². The molecule has 2 N–H and O–H groups in total. The van der Waals surface area contributed by atoms with Gasteiger partial charge in [0.25, 0.3) is 0 Å². The monoisotopic (exact) mass is 260 g/mol. The summed E-state index contributed by atoms with van der Waals surface area (Å²) in [4.78, 5) is 25.9.